The Morgan fingerprint density at radius 2 is 1.45 bits per heavy atom. The van der Waals surface area contributed by atoms with Crippen LogP contribution in [0.5, 0.6) is 0 Å². The monoisotopic (exact) mass is 666 g/mol. The zero-order valence-corrected chi connectivity index (χ0v) is 27.3. The minimum Gasteiger partial charge on any atom is -0.463 e. The van der Waals surface area contributed by atoms with E-state index in [2.05, 4.69) is 21.3 Å². The fraction of sp³-hybridized carbons (Fsp3) is 0.567. The molecular weight excluding hydrogens is 624 g/mol. The van der Waals surface area contributed by atoms with E-state index in [-0.39, 0.29) is 6.61 Å². The molecule has 0 bridgehead atoms. The number of hydrogen-bond acceptors (Lipinski definition) is 13. The van der Waals surface area contributed by atoms with Gasteiger partial charge in [0, 0.05) is 27.7 Å². The molecule has 0 aromatic heterocycles. The van der Waals surface area contributed by atoms with Gasteiger partial charge in [0.1, 0.15) is 37.0 Å². The van der Waals surface area contributed by atoms with Crippen LogP contribution in [0.25, 0.3) is 0 Å². The van der Waals surface area contributed by atoms with Gasteiger partial charge >= 0.3 is 36.0 Å². The van der Waals surface area contributed by atoms with Crippen LogP contribution in [0.1, 0.15) is 54.0 Å². The molecule has 2 rings (SSSR count). The van der Waals surface area contributed by atoms with Gasteiger partial charge in [-0.25, -0.2) is 14.4 Å². The average Bonchev–Trinajstić information content (AvgIpc) is 2.95. The molecule has 4 N–H and O–H groups in total. The lowest BCUT2D eigenvalue weighted by atomic mass is 9.95. The minimum absolute atomic E-state index is 0.0858. The molecule has 1 aliphatic heterocycles. The smallest absolute Gasteiger partial charge is 0.408 e. The predicted molar refractivity (Wildman–Crippen MR) is 160 cm³/mol. The van der Waals surface area contributed by atoms with Crippen LogP contribution in [-0.4, -0.2) is 97.3 Å². The molecular formula is C30H42N4O13. The lowest BCUT2D eigenvalue weighted by Gasteiger charge is -2.45. The van der Waals surface area contributed by atoms with Crippen molar-refractivity contribution in [2.45, 2.75) is 97.3 Å². The van der Waals surface area contributed by atoms with Crippen LogP contribution in [0.15, 0.2) is 30.3 Å². The van der Waals surface area contributed by atoms with Crippen LogP contribution < -0.4 is 21.3 Å². The first-order valence-electron chi connectivity index (χ1n) is 14.6. The molecule has 0 spiro atoms. The van der Waals surface area contributed by atoms with E-state index in [0.717, 1.165) is 27.7 Å². The highest BCUT2D eigenvalue weighted by molar-refractivity contribution is 5.83. The Morgan fingerprint density at radius 3 is 2.00 bits per heavy atom. The Hall–Kier alpha value is -4.93. The third kappa shape index (κ3) is 13.9. The summed E-state index contributed by atoms with van der Waals surface area (Å²) in [5, 5.41) is 9.76. The third-order valence-corrected chi connectivity index (χ3v) is 6.05. The number of rotatable bonds is 12. The zero-order chi connectivity index (χ0) is 35.3. The van der Waals surface area contributed by atoms with Crippen molar-refractivity contribution in [2.24, 2.45) is 0 Å². The van der Waals surface area contributed by atoms with Crippen LogP contribution in [0.4, 0.5) is 9.59 Å². The van der Waals surface area contributed by atoms with Gasteiger partial charge in [-0.15, -0.1) is 0 Å². The van der Waals surface area contributed by atoms with Crippen LogP contribution >= 0.6 is 0 Å². The molecule has 0 aliphatic carbocycles. The topological polar surface area (TPSA) is 223 Å². The molecule has 1 aliphatic rings. The quantitative estimate of drug-likeness (QED) is 0.177. The van der Waals surface area contributed by atoms with E-state index in [9.17, 15) is 33.6 Å². The summed E-state index contributed by atoms with van der Waals surface area (Å²) in [5.74, 6) is -3.80. The Morgan fingerprint density at radius 1 is 0.830 bits per heavy atom. The maximum atomic E-state index is 13.1. The maximum Gasteiger partial charge on any atom is 0.408 e. The second-order valence-corrected chi connectivity index (χ2v) is 11.4. The van der Waals surface area contributed by atoms with Crippen molar-refractivity contribution < 1.29 is 62.0 Å². The highest BCUT2D eigenvalue weighted by atomic mass is 16.6. The van der Waals surface area contributed by atoms with E-state index in [1.807, 2.05) is 0 Å². The number of nitrogens with one attached hydrogen (secondary N) is 4. The Kier molecular flexibility index (Phi) is 14.4. The largest absolute Gasteiger partial charge is 0.463 e. The third-order valence-electron chi connectivity index (χ3n) is 6.05. The van der Waals surface area contributed by atoms with E-state index < -0.39 is 97.3 Å². The van der Waals surface area contributed by atoms with Crippen molar-refractivity contribution in [1.82, 2.24) is 21.3 Å². The summed E-state index contributed by atoms with van der Waals surface area (Å²) in [5.41, 5.74) is -0.235. The van der Waals surface area contributed by atoms with Gasteiger partial charge in [-0.1, -0.05) is 30.3 Å². The van der Waals surface area contributed by atoms with Crippen molar-refractivity contribution in [3.63, 3.8) is 0 Å². The van der Waals surface area contributed by atoms with Crippen LogP contribution in [0.3, 0.4) is 0 Å². The van der Waals surface area contributed by atoms with E-state index in [0.29, 0.717) is 5.56 Å². The fourth-order valence-corrected chi connectivity index (χ4v) is 4.30. The number of ether oxygens (including phenoxy) is 6. The van der Waals surface area contributed by atoms with Gasteiger partial charge in [0.2, 0.25) is 5.91 Å². The molecule has 1 aromatic rings. The Labute approximate surface area is 271 Å². The Bertz CT molecular complexity index is 1280. The zero-order valence-electron chi connectivity index (χ0n) is 27.3. The first-order chi connectivity index (χ1) is 21.9. The molecule has 1 saturated heterocycles. The molecule has 4 amide bonds. The molecule has 6 atom stereocenters. The SMILES string of the molecule is CC(=O)N[C@@H]1[C@@H](OC(C)=O)[C@H](OC(C)=O)[C@@H](COC(C)=O)O[C@H]1NC(=O)NC[C@H](NC(=O)OCc1ccccc1)C(=O)OC(C)(C)C. The van der Waals surface area contributed by atoms with E-state index >= 15 is 0 Å². The molecule has 0 unspecified atom stereocenters. The molecule has 1 heterocycles. The van der Waals surface area contributed by atoms with E-state index in [1.165, 1.54) is 0 Å². The van der Waals surface area contributed by atoms with Gasteiger partial charge in [-0.3, -0.25) is 19.2 Å². The van der Waals surface area contributed by atoms with Crippen molar-refractivity contribution in [3.8, 4) is 0 Å². The van der Waals surface area contributed by atoms with Gasteiger partial charge in [-0.2, -0.15) is 0 Å². The highest BCUT2D eigenvalue weighted by Gasteiger charge is 2.51. The number of carbonyl (C=O) groups excluding carboxylic acids is 7. The molecule has 260 valence electrons. The summed E-state index contributed by atoms with van der Waals surface area (Å²) in [7, 11) is 0. The van der Waals surface area contributed by atoms with Gasteiger partial charge in [0.25, 0.3) is 0 Å². The maximum absolute atomic E-state index is 13.1. The van der Waals surface area contributed by atoms with Gasteiger partial charge in [0.15, 0.2) is 18.4 Å². The summed E-state index contributed by atoms with van der Waals surface area (Å²) < 4.78 is 32.2. The first kappa shape index (κ1) is 38.3. The summed E-state index contributed by atoms with van der Waals surface area (Å²) in [6.07, 6.45) is -6.45. The lowest BCUT2D eigenvalue weighted by Crippen LogP contribution is -2.70. The minimum atomic E-state index is -1.46. The Balaban J connectivity index is 2.25. The summed E-state index contributed by atoms with van der Waals surface area (Å²) >= 11 is 0. The van der Waals surface area contributed by atoms with Crippen molar-refractivity contribution in [3.05, 3.63) is 35.9 Å². The van der Waals surface area contributed by atoms with Gasteiger partial charge < -0.3 is 49.7 Å². The molecule has 17 nitrogen and oxygen atoms in total. The van der Waals surface area contributed by atoms with Gasteiger partial charge in [0.05, 0.1) is 6.54 Å². The molecule has 1 aromatic carbocycles. The fourth-order valence-electron chi connectivity index (χ4n) is 4.30. The number of urea groups is 1. The second kappa shape index (κ2) is 17.7. The summed E-state index contributed by atoms with van der Waals surface area (Å²) in [6.45, 7) is 8.25. The number of esters is 4. The van der Waals surface area contributed by atoms with Crippen molar-refractivity contribution >= 4 is 41.9 Å². The lowest BCUT2D eigenvalue weighted by molar-refractivity contribution is -0.226. The molecule has 1 fully saturated rings. The number of carbonyl (C=O) groups is 7. The molecule has 47 heavy (non-hydrogen) atoms. The summed E-state index contributed by atoms with van der Waals surface area (Å²) in [4.78, 5) is 86.2. The first-order valence-corrected chi connectivity index (χ1v) is 14.6. The molecule has 0 radical (unpaired) electrons. The number of benzene rings is 1. The highest BCUT2D eigenvalue weighted by Crippen LogP contribution is 2.26. The summed E-state index contributed by atoms with van der Waals surface area (Å²) in [6, 6.07) is 5.12. The predicted octanol–water partition coefficient (Wildman–Crippen LogP) is 0.578. The standard InChI is InChI=1S/C30H42N4O13/c1-16(35)32-23-25(45-19(4)38)24(44-18(3)37)22(15-42-17(2)36)46-26(23)34-28(40)31-13-21(27(39)47-30(5,6)7)33-29(41)43-14-20-11-9-8-10-12-20/h8-12,21-26H,13-15H2,1-7H3,(H,32,35)(H,33,41)(H2,31,34,40)/t21-,22+,23+,24+,25+,26+/m0/s1. The van der Waals surface area contributed by atoms with Crippen LogP contribution in [-0.2, 0) is 59.0 Å². The second-order valence-electron chi connectivity index (χ2n) is 11.4. The van der Waals surface area contributed by atoms with E-state index in [4.69, 9.17) is 28.4 Å². The average molecular weight is 667 g/mol. The van der Waals surface area contributed by atoms with Gasteiger partial charge in [-0.05, 0) is 26.3 Å². The van der Waals surface area contributed by atoms with Crippen LogP contribution in [0.2, 0.25) is 0 Å². The number of alkyl carbamates (subject to hydrolysis) is 1. The number of hydrogen-bond donors (Lipinski definition) is 4. The van der Waals surface area contributed by atoms with E-state index in [1.54, 1.807) is 51.1 Å². The van der Waals surface area contributed by atoms with Crippen LogP contribution in [0, 0.1) is 0 Å². The molecule has 0 saturated carbocycles. The number of amides is 4. The molecule has 17 heteroatoms. The normalized spacial score (nSPS) is 21.1. The van der Waals surface area contributed by atoms with Crippen molar-refractivity contribution in [2.75, 3.05) is 13.2 Å². The van der Waals surface area contributed by atoms with Crippen molar-refractivity contribution in [1.29, 1.82) is 0 Å².